The highest BCUT2D eigenvalue weighted by Gasteiger charge is 2.28. The number of fused-ring (bicyclic) bond motifs is 1. The Hall–Kier alpha value is -1.41. The lowest BCUT2D eigenvalue weighted by molar-refractivity contribution is -0.121. The molecule has 1 aliphatic heterocycles. The number of nitrogens with zero attached hydrogens (tertiary/aromatic N) is 1. The SMILES string of the molecule is CCC(=O)N1CCc2cc(Br)c(S(=O)(=O)CCC(=O)NC3CCCCCC3)cc21. The van der Waals surface area contributed by atoms with E-state index in [1.165, 1.54) is 12.8 Å². The van der Waals surface area contributed by atoms with E-state index < -0.39 is 9.84 Å². The van der Waals surface area contributed by atoms with E-state index in [0.717, 1.165) is 31.2 Å². The fraction of sp³-hybridized carbons (Fsp3) is 0.619. The molecule has 1 fully saturated rings. The number of hydrogen-bond acceptors (Lipinski definition) is 4. The van der Waals surface area contributed by atoms with Gasteiger partial charge in [-0.2, -0.15) is 0 Å². The molecule has 0 aromatic heterocycles. The number of sulfone groups is 1. The van der Waals surface area contributed by atoms with Crippen molar-refractivity contribution in [1.29, 1.82) is 0 Å². The Balaban J connectivity index is 1.69. The van der Waals surface area contributed by atoms with Crippen LogP contribution in [-0.2, 0) is 25.8 Å². The summed E-state index contributed by atoms with van der Waals surface area (Å²) in [6, 6.07) is 3.53. The van der Waals surface area contributed by atoms with Gasteiger partial charge >= 0.3 is 0 Å². The molecule has 160 valence electrons. The molecule has 29 heavy (non-hydrogen) atoms. The lowest BCUT2D eigenvalue weighted by Crippen LogP contribution is -2.35. The number of nitrogens with one attached hydrogen (secondary N) is 1. The molecule has 0 spiro atoms. The number of halogens is 1. The summed E-state index contributed by atoms with van der Waals surface area (Å²) >= 11 is 3.37. The predicted molar refractivity (Wildman–Crippen MR) is 117 cm³/mol. The molecule has 0 bridgehead atoms. The number of amides is 2. The molecule has 1 heterocycles. The number of benzene rings is 1. The van der Waals surface area contributed by atoms with Gasteiger partial charge in [0.1, 0.15) is 0 Å². The number of rotatable bonds is 6. The van der Waals surface area contributed by atoms with Crippen molar-refractivity contribution in [3.8, 4) is 0 Å². The van der Waals surface area contributed by atoms with Crippen molar-refractivity contribution in [2.24, 2.45) is 0 Å². The largest absolute Gasteiger partial charge is 0.353 e. The van der Waals surface area contributed by atoms with Gasteiger partial charge in [0.2, 0.25) is 11.8 Å². The summed E-state index contributed by atoms with van der Waals surface area (Å²) in [5, 5.41) is 3.00. The smallest absolute Gasteiger partial charge is 0.226 e. The van der Waals surface area contributed by atoms with Gasteiger partial charge in [-0.25, -0.2) is 8.42 Å². The maximum atomic E-state index is 12.9. The van der Waals surface area contributed by atoms with Gasteiger partial charge in [-0.1, -0.05) is 32.6 Å². The van der Waals surface area contributed by atoms with Crippen molar-refractivity contribution in [2.45, 2.75) is 75.6 Å². The minimum Gasteiger partial charge on any atom is -0.353 e. The van der Waals surface area contributed by atoms with Crippen LogP contribution in [-0.4, -0.2) is 38.6 Å². The highest BCUT2D eigenvalue weighted by atomic mass is 79.9. The van der Waals surface area contributed by atoms with Crippen molar-refractivity contribution in [1.82, 2.24) is 5.32 Å². The molecule has 0 unspecified atom stereocenters. The molecule has 1 aromatic rings. The fourth-order valence-corrected chi connectivity index (χ4v) is 6.59. The van der Waals surface area contributed by atoms with Crippen LogP contribution in [0.5, 0.6) is 0 Å². The molecule has 6 nitrogen and oxygen atoms in total. The number of carbonyl (C=O) groups excluding carboxylic acids is 2. The van der Waals surface area contributed by atoms with Crippen molar-refractivity contribution in [3.05, 3.63) is 22.2 Å². The molecule has 1 aromatic carbocycles. The molecule has 1 saturated carbocycles. The van der Waals surface area contributed by atoms with E-state index in [9.17, 15) is 18.0 Å². The molecule has 2 amide bonds. The Labute approximate surface area is 181 Å². The zero-order valence-corrected chi connectivity index (χ0v) is 19.3. The average molecular weight is 485 g/mol. The number of hydrogen-bond donors (Lipinski definition) is 1. The summed E-state index contributed by atoms with van der Waals surface area (Å²) in [5.74, 6) is -0.470. The maximum absolute atomic E-state index is 12.9. The summed E-state index contributed by atoms with van der Waals surface area (Å²) in [6.07, 6.45) is 7.58. The van der Waals surface area contributed by atoms with Gasteiger partial charge in [-0.05, 0) is 52.9 Å². The standard InChI is InChI=1S/C21H29BrN2O4S/c1-2-21(26)24-11-9-15-13-17(22)19(14-18(15)24)29(27,28)12-10-20(25)23-16-7-5-3-4-6-8-16/h13-14,16H,2-12H2,1H3,(H,23,25). The number of carbonyl (C=O) groups is 2. The van der Waals surface area contributed by atoms with Gasteiger partial charge in [-0.3, -0.25) is 9.59 Å². The van der Waals surface area contributed by atoms with E-state index in [-0.39, 0.29) is 34.9 Å². The molecule has 2 aliphatic rings. The van der Waals surface area contributed by atoms with E-state index in [1.54, 1.807) is 24.0 Å². The normalized spacial score (nSPS) is 17.7. The lowest BCUT2D eigenvalue weighted by atomic mass is 10.1. The molecular formula is C21H29BrN2O4S. The Kier molecular flexibility index (Phi) is 7.37. The van der Waals surface area contributed by atoms with Crippen LogP contribution in [0.2, 0.25) is 0 Å². The molecule has 1 N–H and O–H groups in total. The molecule has 0 saturated heterocycles. The lowest BCUT2D eigenvalue weighted by Gasteiger charge is -2.18. The van der Waals surface area contributed by atoms with Crippen molar-refractivity contribution >= 4 is 43.3 Å². The molecule has 0 atom stereocenters. The van der Waals surface area contributed by atoms with E-state index >= 15 is 0 Å². The van der Waals surface area contributed by atoms with Crippen molar-refractivity contribution in [3.63, 3.8) is 0 Å². The van der Waals surface area contributed by atoms with E-state index in [4.69, 9.17) is 0 Å². The maximum Gasteiger partial charge on any atom is 0.226 e. The number of anilines is 1. The van der Waals surface area contributed by atoms with Crippen LogP contribution in [0.1, 0.15) is 63.9 Å². The van der Waals surface area contributed by atoms with Crippen LogP contribution in [0.3, 0.4) is 0 Å². The van der Waals surface area contributed by atoms with Crippen molar-refractivity contribution < 1.29 is 18.0 Å². The Morgan fingerprint density at radius 1 is 1.17 bits per heavy atom. The quantitative estimate of drug-likeness (QED) is 0.623. The monoisotopic (exact) mass is 484 g/mol. The summed E-state index contributed by atoms with van der Waals surface area (Å²) in [5.41, 5.74) is 1.63. The van der Waals surface area contributed by atoms with Gasteiger partial charge in [0.25, 0.3) is 0 Å². The van der Waals surface area contributed by atoms with Crippen molar-refractivity contribution in [2.75, 3.05) is 17.2 Å². The highest BCUT2D eigenvalue weighted by Crippen LogP contribution is 2.36. The minimum atomic E-state index is -3.66. The Morgan fingerprint density at radius 2 is 1.86 bits per heavy atom. The second kappa shape index (κ2) is 9.60. The zero-order valence-electron chi connectivity index (χ0n) is 16.9. The average Bonchev–Trinajstić information content (AvgIpc) is 2.92. The van der Waals surface area contributed by atoms with Crippen LogP contribution in [0.4, 0.5) is 5.69 Å². The van der Waals surface area contributed by atoms with Gasteiger partial charge in [-0.15, -0.1) is 0 Å². The third-order valence-corrected chi connectivity index (χ3v) is 8.45. The van der Waals surface area contributed by atoms with E-state index in [0.29, 0.717) is 29.5 Å². The Bertz CT molecular complexity index is 877. The third-order valence-electron chi connectivity index (χ3n) is 5.79. The fourth-order valence-electron chi connectivity index (χ4n) is 4.14. The molecular weight excluding hydrogens is 456 g/mol. The summed E-state index contributed by atoms with van der Waals surface area (Å²) in [7, 11) is -3.66. The Morgan fingerprint density at radius 3 is 2.52 bits per heavy atom. The van der Waals surface area contributed by atoms with E-state index in [1.807, 2.05) is 0 Å². The molecule has 3 rings (SSSR count). The second-order valence-corrected chi connectivity index (χ2v) is 10.8. The van der Waals surface area contributed by atoms with Gasteiger partial charge in [0, 0.05) is 35.6 Å². The molecule has 0 radical (unpaired) electrons. The van der Waals surface area contributed by atoms with Crippen LogP contribution >= 0.6 is 15.9 Å². The van der Waals surface area contributed by atoms with E-state index in [2.05, 4.69) is 21.2 Å². The first-order valence-corrected chi connectivity index (χ1v) is 12.9. The topological polar surface area (TPSA) is 83.6 Å². The van der Waals surface area contributed by atoms with Crippen LogP contribution in [0.15, 0.2) is 21.5 Å². The summed E-state index contributed by atoms with van der Waals surface area (Å²) < 4.78 is 26.4. The highest BCUT2D eigenvalue weighted by molar-refractivity contribution is 9.10. The summed E-state index contributed by atoms with van der Waals surface area (Å²) in [4.78, 5) is 26.3. The second-order valence-electron chi connectivity index (χ2n) is 7.89. The first-order valence-electron chi connectivity index (χ1n) is 10.5. The first-order chi connectivity index (χ1) is 13.8. The van der Waals surface area contributed by atoms with Gasteiger partial charge < -0.3 is 10.2 Å². The molecule has 8 heteroatoms. The van der Waals surface area contributed by atoms with Crippen LogP contribution in [0, 0.1) is 0 Å². The van der Waals surface area contributed by atoms with Gasteiger partial charge in [0.05, 0.1) is 10.6 Å². The zero-order chi connectivity index (χ0) is 21.0. The first kappa shape index (κ1) is 22.3. The molecule has 1 aliphatic carbocycles. The minimum absolute atomic E-state index is 0.0165. The predicted octanol–water partition coefficient (Wildman–Crippen LogP) is 3.75. The summed E-state index contributed by atoms with van der Waals surface area (Å²) in [6.45, 7) is 2.37. The third kappa shape index (κ3) is 5.40. The van der Waals surface area contributed by atoms with Crippen LogP contribution in [0.25, 0.3) is 0 Å². The van der Waals surface area contributed by atoms with Crippen LogP contribution < -0.4 is 10.2 Å². The van der Waals surface area contributed by atoms with Gasteiger partial charge in [0.15, 0.2) is 9.84 Å².